The van der Waals surface area contributed by atoms with Gasteiger partial charge in [0.1, 0.15) is 0 Å². The molecule has 3 heteroatoms. The van der Waals surface area contributed by atoms with E-state index in [1.54, 1.807) is 0 Å². The fourth-order valence-electron chi connectivity index (χ4n) is 1.38. The Bertz CT molecular complexity index is 128. The highest BCUT2D eigenvalue weighted by Gasteiger charge is 2.10. The van der Waals surface area contributed by atoms with Crippen LogP contribution in [0.4, 0.5) is 0 Å². The summed E-state index contributed by atoms with van der Waals surface area (Å²) in [5, 5.41) is 8.84. The molecule has 1 unspecified atom stereocenters. The maximum atomic E-state index is 8.84. The van der Waals surface area contributed by atoms with Gasteiger partial charge in [-0.2, -0.15) is 0 Å². The van der Waals surface area contributed by atoms with E-state index < -0.39 is 0 Å². The minimum absolute atomic E-state index is 0.209. The Morgan fingerprint density at radius 1 is 1.62 bits per heavy atom. The molecule has 0 rings (SSSR count). The van der Waals surface area contributed by atoms with Gasteiger partial charge >= 0.3 is 0 Å². The normalized spacial score (nSPS) is 13.2. The van der Waals surface area contributed by atoms with Crippen LogP contribution in [0.2, 0.25) is 0 Å². The molecular formula is C10H22N2O. The third-order valence-electron chi connectivity index (χ3n) is 2.20. The SMILES string of the molecule is C=CCN(CCO)C(C)CCCN. The van der Waals surface area contributed by atoms with Crippen molar-refractivity contribution >= 4 is 0 Å². The fraction of sp³-hybridized carbons (Fsp3) is 0.800. The van der Waals surface area contributed by atoms with Crippen molar-refractivity contribution in [1.29, 1.82) is 0 Å². The summed E-state index contributed by atoms with van der Waals surface area (Å²) in [6.45, 7) is 8.37. The lowest BCUT2D eigenvalue weighted by Gasteiger charge is -2.27. The predicted octanol–water partition coefficient (Wildman–Crippen LogP) is 0.594. The van der Waals surface area contributed by atoms with Crippen molar-refractivity contribution in [3.63, 3.8) is 0 Å². The highest BCUT2D eigenvalue weighted by Crippen LogP contribution is 2.05. The molecule has 0 spiro atoms. The second-order valence-corrected chi connectivity index (χ2v) is 3.29. The van der Waals surface area contributed by atoms with Gasteiger partial charge in [-0.15, -0.1) is 6.58 Å². The lowest BCUT2D eigenvalue weighted by atomic mass is 10.1. The van der Waals surface area contributed by atoms with Crippen LogP contribution in [0.3, 0.4) is 0 Å². The number of rotatable bonds is 8. The van der Waals surface area contributed by atoms with E-state index in [0.717, 1.165) is 32.5 Å². The molecule has 0 amide bonds. The van der Waals surface area contributed by atoms with E-state index in [0.29, 0.717) is 6.04 Å². The largest absolute Gasteiger partial charge is 0.395 e. The van der Waals surface area contributed by atoms with Gasteiger partial charge in [-0.05, 0) is 26.3 Å². The van der Waals surface area contributed by atoms with Gasteiger partial charge in [-0.25, -0.2) is 0 Å². The van der Waals surface area contributed by atoms with Crippen molar-refractivity contribution in [3.05, 3.63) is 12.7 Å². The van der Waals surface area contributed by atoms with Gasteiger partial charge in [-0.1, -0.05) is 6.08 Å². The van der Waals surface area contributed by atoms with Crippen molar-refractivity contribution in [1.82, 2.24) is 4.90 Å². The van der Waals surface area contributed by atoms with Crippen LogP contribution in [-0.2, 0) is 0 Å². The molecule has 0 aromatic carbocycles. The van der Waals surface area contributed by atoms with E-state index in [-0.39, 0.29) is 6.61 Å². The van der Waals surface area contributed by atoms with Crippen molar-refractivity contribution < 1.29 is 5.11 Å². The number of hydrogen-bond donors (Lipinski definition) is 2. The minimum atomic E-state index is 0.209. The van der Waals surface area contributed by atoms with E-state index in [1.807, 2.05) is 6.08 Å². The quantitative estimate of drug-likeness (QED) is 0.546. The summed E-state index contributed by atoms with van der Waals surface area (Å²) in [5.41, 5.74) is 5.44. The molecule has 1 atom stereocenters. The highest BCUT2D eigenvalue weighted by molar-refractivity contribution is 4.77. The Labute approximate surface area is 81.2 Å². The summed E-state index contributed by atoms with van der Waals surface area (Å²) in [4.78, 5) is 2.21. The van der Waals surface area contributed by atoms with Crippen LogP contribution in [0.1, 0.15) is 19.8 Å². The monoisotopic (exact) mass is 186 g/mol. The zero-order chi connectivity index (χ0) is 10.1. The van der Waals surface area contributed by atoms with Crippen LogP contribution in [0, 0.1) is 0 Å². The maximum Gasteiger partial charge on any atom is 0.0558 e. The number of aliphatic hydroxyl groups excluding tert-OH is 1. The molecule has 13 heavy (non-hydrogen) atoms. The zero-order valence-corrected chi connectivity index (χ0v) is 8.58. The fourth-order valence-corrected chi connectivity index (χ4v) is 1.38. The molecule has 0 saturated heterocycles. The van der Waals surface area contributed by atoms with Crippen molar-refractivity contribution in [2.24, 2.45) is 5.73 Å². The first-order valence-electron chi connectivity index (χ1n) is 4.92. The van der Waals surface area contributed by atoms with Crippen LogP contribution in [0.25, 0.3) is 0 Å². The first-order chi connectivity index (χ1) is 6.26. The lowest BCUT2D eigenvalue weighted by molar-refractivity contribution is 0.165. The van der Waals surface area contributed by atoms with Crippen LogP contribution in [0.15, 0.2) is 12.7 Å². The molecule has 0 aliphatic heterocycles. The van der Waals surface area contributed by atoms with Gasteiger partial charge in [0, 0.05) is 19.1 Å². The molecule has 0 bridgehead atoms. The van der Waals surface area contributed by atoms with Crippen LogP contribution >= 0.6 is 0 Å². The maximum absolute atomic E-state index is 8.84. The molecule has 3 nitrogen and oxygen atoms in total. The first kappa shape index (κ1) is 12.6. The Morgan fingerprint density at radius 2 is 2.31 bits per heavy atom. The van der Waals surface area contributed by atoms with Gasteiger partial charge in [0.2, 0.25) is 0 Å². The molecule has 3 N–H and O–H groups in total. The first-order valence-corrected chi connectivity index (χ1v) is 4.92. The number of hydrogen-bond acceptors (Lipinski definition) is 3. The molecule has 0 aromatic rings. The van der Waals surface area contributed by atoms with Crippen LogP contribution < -0.4 is 5.73 Å². The van der Waals surface area contributed by atoms with Crippen molar-refractivity contribution in [2.45, 2.75) is 25.8 Å². The van der Waals surface area contributed by atoms with E-state index in [2.05, 4.69) is 18.4 Å². The third kappa shape index (κ3) is 5.80. The summed E-state index contributed by atoms with van der Waals surface area (Å²) in [5.74, 6) is 0. The average Bonchev–Trinajstić information content (AvgIpc) is 2.14. The Kier molecular flexibility index (Phi) is 7.99. The smallest absolute Gasteiger partial charge is 0.0558 e. The molecule has 0 aromatic heterocycles. The number of nitrogens with zero attached hydrogens (tertiary/aromatic N) is 1. The van der Waals surface area contributed by atoms with E-state index in [9.17, 15) is 0 Å². The van der Waals surface area contributed by atoms with E-state index in [1.165, 1.54) is 0 Å². The van der Waals surface area contributed by atoms with Gasteiger partial charge in [0.25, 0.3) is 0 Å². The molecule has 0 radical (unpaired) electrons. The molecule has 0 aliphatic carbocycles. The second kappa shape index (κ2) is 8.23. The van der Waals surface area contributed by atoms with Crippen LogP contribution in [0.5, 0.6) is 0 Å². The van der Waals surface area contributed by atoms with Gasteiger partial charge in [-0.3, -0.25) is 4.90 Å². The average molecular weight is 186 g/mol. The van der Waals surface area contributed by atoms with E-state index >= 15 is 0 Å². The summed E-state index contributed by atoms with van der Waals surface area (Å²) in [7, 11) is 0. The van der Waals surface area contributed by atoms with Crippen molar-refractivity contribution in [3.8, 4) is 0 Å². The molecule has 0 aliphatic rings. The summed E-state index contributed by atoms with van der Waals surface area (Å²) < 4.78 is 0. The van der Waals surface area contributed by atoms with Gasteiger partial charge in [0.15, 0.2) is 0 Å². The van der Waals surface area contributed by atoms with Gasteiger partial charge < -0.3 is 10.8 Å². The summed E-state index contributed by atoms with van der Waals surface area (Å²) in [6.07, 6.45) is 4.00. The zero-order valence-electron chi connectivity index (χ0n) is 8.58. The molecular weight excluding hydrogens is 164 g/mol. The lowest BCUT2D eigenvalue weighted by Crippen LogP contribution is -2.35. The Balaban J connectivity index is 3.79. The second-order valence-electron chi connectivity index (χ2n) is 3.29. The predicted molar refractivity (Wildman–Crippen MR) is 56.6 cm³/mol. The standard InChI is InChI=1S/C10H22N2O/c1-3-7-12(8-9-13)10(2)5-4-6-11/h3,10,13H,1,4-9,11H2,2H3. The topological polar surface area (TPSA) is 49.5 Å². The Hall–Kier alpha value is -0.380. The van der Waals surface area contributed by atoms with Crippen LogP contribution in [-0.4, -0.2) is 42.3 Å². The molecule has 0 saturated carbocycles. The summed E-state index contributed by atoms with van der Waals surface area (Å²) >= 11 is 0. The molecule has 0 heterocycles. The number of aliphatic hydroxyl groups is 1. The Morgan fingerprint density at radius 3 is 2.77 bits per heavy atom. The molecule has 78 valence electrons. The number of nitrogens with two attached hydrogens (primary N) is 1. The van der Waals surface area contributed by atoms with Gasteiger partial charge in [0.05, 0.1) is 6.61 Å². The third-order valence-corrected chi connectivity index (χ3v) is 2.20. The highest BCUT2D eigenvalue weighted by atomic mass is 16.3. The minimum Gasteiger partial charge on any atom is -0.395 e. The van der Waals surface area contributed by atoms with E-state index in [4.69, 9.17) is 10.8 Å². The molecule has 0 fully saturated rings. The van der Waals surface area contributed by atoms with Crippen molar-refractivity contribution in [2.75, 3.05) is 26.2 Å². The summed E-state index contributed by atoms with van der Waals surface area (Å²) in [6, 6.07) is 0.480.